The Morgan fingerprint density at radius 2 is 1.65 bits per heavy atom. The lowest BCUT2D eigenvalue weighted by atomic mass is 9.83. The first-order valence-corrected chi connectivity index (χ1v) is 12.4. The van der Waals surface area contributed by atoms with Crippen LogP contribution in [0.15, 0.2) is 35.5 Å². The Balaban J connectivity index is 1.50. The van der Waals surface area contributed by atoms with Crippen LogP contribution in [-0.2, 0) is 0 Å². The molecule has 2 aliphatic rings. The number of anilines is 1. The number of thioether (sulfide) groups is 1. The summed E-state index contributed by atoms with van der Waals surface area (Å²) < 4.78 is 1.20. The number of fused-ring (bicyclic) bond motifs is 1. The maximum Gasteiger partial charge on any atom is 0.191 e. The van der Waals surface area contributed by atoms with Crippen molar-refractivity contribution in [2.24, 2.45) is 0 Å². The first-order chi connectivity index (χ1) is 16.4. The average molecular weight is 489 g/mol. The molecule has 2 heterocycles. The zero-order valence-corrected chi connectivity index (χ0v) is 19.3. The summed E-state index contributed by atoms with van der Waals surface area (Å²) in [7, 11) is 0. The van der Waals surface area contributed by atoms with E-state index in [2.05, 4.69) is 37.7 Å². The molecule has 0 radical (unpaired) electrons. The summed E-state index contributed by atoms with van der Waals surface area (Å²) >= 11 is 1.46. The third-order valence-electron chi connectivity index (χ3n) is 6.46. The molecule has 6 N–H and O–H groups in total. The van der Waals surface area contributed by atoms with E-state index < -0.39 is 36.6 Å². The maximum atomic E-state index is 10.6. The highest BCUT2D eigenvalue weighted by Crippen LogP contribution is 2.43. The van der Waals surface area contributed by atoms with E-state index >= 15 is 0 Å². The van der Waals surface area contributed by atoms with Crippen LogP contribution >= 0.6 is 11.8 Å². The fourth-order valence-corrected chi connectivity index (χ4v) is 5.16. The molecule has 1 aromatic carbocycles. The molecule has 2 aliphatic carbocycles. The van der Waals surface area contributed by atoms with E-state index in [1.165, 1.54) is 22.0 Å². The van der Waals surface area contributed by atoms with Crippen molar-refractivity contribution < 1.29 is 25.5 Å². The van der Waals surface area contributed by atoms with Gasteiger partial charge in [0.25, 0.3) is 0 Å². The van der Waals surface area contributed by atoms with Crippen molar-refractivity contribution in [2.45, 2.75) is 73.4 Å². The van der Waals surface area contributed by atoms with Crippen LogP contribution < -0.4 is 5.32 Å². The Morgan fingerprint density at radius 3 is 2.32 bits per heavy atom. The molecule has 0 unspecified atom stereocenters. The van der Waals surface area contributed by atoms with Crippen molar-refractivity contribution in [1.82, 2.24) is 25.0 Å². The van der Waals surface area contributed by atoms with Crippen LogP contribution in [-0.4, -0.2) is 92.8 Å². The Bertz CT molecular complexity index is 1130. The molecule has 34 heavy (non-hydrogen) atoms. The molecule has 2 aromatic heterocycles. The summed E-state index contributed by atoms with van der Waals surface area (Å²) in [5.41, 5.74) is 1.85. The van der Waals surface area contributed by atoms with Crippen LogP contribution in [0.5, 0.6) is 0 Å². The van der Waals surface area contributed by atoms with Crippen molar-refractivity contribution in [3.63, 3.8) is 0 Å². The summed E-state index contributed by atoms with van der Waals surface area (Å²) in [5.74, 6) is 1.64. The number of hydrogen-bond donors (Lipinski definition) is 6. The van der Waals surface area contributed by atoms with Crippen LogP contribution in [0.3, 0.4) is 0 Å². The van der Waals surface area contributed by atoms with Gasteiger partial charge >= 0.3 is 0 Å². The van der Waals surface area contributed by atoms with Gasteiger partial charge in [-0.2, -0.15) is 0 Å². The highest BCUT2D eigenvalue weighted by Gasteiger charge is 2.50. The van der Waals surface area contributed by atoms with E-state index in [1.807, 2.05) is 25.1 Å². The van der Waals surface area contributed by atoms with Gasteiger partial charge in [-0.25, -0.2) is 14.6 Å². The van der Waals surface area contributed by atoms with Gasteiger partial charge in [0.2, 0.25) is 0 Å². The second-order valence-electron chi connectivity index (χ2n) is 8.86. The van der Waals surface area contributed by atoms with E-state index in [0.29, 0.717) is 22.4 Å². The van der Waals surface area contributed by atoms with Gasteiger partial charge in [-0.1, -0.05) is 54.2 Å². The van der Waals surface area contributed by atoms with Crippen LogP contribution in [0.2, 0.25) is 0 Å². The number of aromatic nitrogens is 5. The monoisotopic (exact) mass is 488 g/mol. The molecule has 2 saturated carbocycles. The molecule has 11 nitrogen and oxygen atoms in total. The largest absolute Gasteiger partial charge is 0.388 e. The number of nitrogens with zero attached hydrogens (tertiary/aromatic N) is 5. The molecular weight excluding hydrogens is 460 g/mol. The fraction of sp³-hybridized carbons (Fsp3) is 0.545. The summed E-state index contributed by atoms with van der Waals surface area (Å²) in [6.45, 7) is 2.05. The zero-order chi connectivity index (χ0) is 24.0. The molecule has 0 bridgehead atoms. The first-order valence-electron chi connectivity index (χ1n) is 11.4. The smallest absolute Gasteiger partial charge is 0.191 e. The summed E-state index contributed by atoms with van der Waals surface area (Å²) in [5, 5.41) is 63.7. The number of benzene rings is 1. The number of hydrogen-bond acceptors (Lipinski definition) is 11. The lowest BCUT2D eigenvalue weighted by molar-refractivity contribution is -0.199. The van der Waals surface area contributed by atoms with E-state index in [1.54, 1.807) is 0 Å². The van der Waals surface area contributed by atoms with Gasteiger partial charge in [0.15, 0.2) is 22.1 Å². The third-order valence-corrected chi connectivity index (χ3v) is 7.51. The Hall–Kier alpha value is -2.35. The lowest BCUT2D eigenvalue weighted by Crippen LogP contribution is -2.61. The van der Waals surface area contributed by atoms with Gasteiger partial charge in [-0.15, -0.1) is 5.10 Å². The van der Waals surface area contributed by atoms with Gasteiger partial charge in [0.05, 0.1) is 0 Å². The van der Waals surface area contributed by atoms with E-state index in [9.17, 15) is 25.5 Å². The molecule has 0 spiro atoms. The summed E-state index contributed by atoms with van der Waals surface area (Å²) in [6, 6.07) is 9.11. The predicted octanol–water partition coefficient (Wildman–Crippen LogP) is 0.0506. The molecule has 8 atom stereocenters. The van der Waals surface area contributed by atoms with Crippen LogP contribution in [0.25, 0.3) is 11.2 Å². The van der Waals surface area contributed by atoms with Crippen LogP contribution in [0.4, 0.5) is 5.82 Å². The Morgan fingerprint density at radius 1 is 0.971 bits per heavy atom. The van der Waals surface area contributed by atoms with Gasteiger partial charge in [0, 0.05) is 17.7 Å². The second-order valence-corrected chi connectivity index (χ2v) is 9.92. The summed E-state index contributed by atoms with van der Waals surface area (Å²) in [4.78, 5) is 9.20. The van der Waals surface area contributed by atoms with E-state index in [4.69, 9.17) is 0 Å². The minimum Gasteiger partial charge on any atom is -0.388 e. The standard InChI is InChI=1S/C22H28N6O5S/c1-2-8-34-22-24-20(23-12-9-11(12)10-6-4-3-5-7-10)13-21(25-22)28(27-26-13)14-15(29)17(31)19(33)18(32)16(14)30/h3-7,11-12,14-19,29-33H,2,8-9H2,1H3,(H,23,24,25)/t11-,12+,14-,15-,16+,17-,18+,19+/m0/s1. The second kappa shape index (κ2) is 9.36. The number of aliphatic hydroxyl groups is 5. The van der Waals surface area contributed by atoms with Crippen molar-refractivity contribution in [3.05, 3.63) is 35.9 Å². The normalized spacial score (nSPS) is 33.2. The van der Waals surface area contributed by atoms with Gasteiger partial charge in [-0.05, 0) is 18.4 Å². The fourth-order valence-electron chi connectivity index (χ4n) is 4.47. The minimum absolute atomic E-state index is 0.166. The highest BCUT2D eigenvalue weighted by molar-refractivity contribution is 7.99. The number of aliphatic hydroxyl groups excluding tert-OH is 5. The molecule has 12 heteroatoms. The van der Waals surface area contributed by atoms with E-state index in [0.717, 1.165) is 18.6 Å². The zero-order valence-electron chi connectivity index (χ0n) is 18.5. The molecule has 5 rings (SSSR count). The molecule has 0 aliphatic heterocycles. The Labute approximate surface area is 199 Å². The quantitative estimate of drug-likeness (QED) is 0.196. The van der Waals surface area contributed by atoms with E-state index in [-0.39, 0.29) is 11.7 Å². The van der Waals surface area contributed by atoms with Gasteiger partial charge < -0.3 is 30.8 Å². The highest BCUT2D eigenvalue weighted by atomic mass is 32.2. The average Bonchev–Trinajstić information content (AvgIpc) is 3.50. The van der Waals surface area contributed by atoms with Crippen molar-refractivity contribution in [2.75, 3.05) is 11.1 Å². The van der Waals surface area contributed by atoms with Gasteiger partial charge in [-0.3, -0.25) is 0 Å². The molecule has 2 fully saturated rings. The molecule has 0 saturated heterocycles. The van der Waals surface area contributed by atoms with Crippen LogP contribution in [0, 0.1) is 0 Å². The van der Waals surface area contributed by atoms with Gasteiger partial charge in [0.1, 0.15) is 36.6 Å². The molecule has 0 amide bonds. The SMILES string of the molecule is CCCSc1nc(N[C@@H]2C[C@H]2c2ccccc2)c2nnn([C@H]3[C@H](O)[C@H](O)[C@@H](O)[C@H](O)[C@@H]3O)c2n1. The molecule has 3 aromatic rings. The first kappa shape index (κ1) is 23.4. The number of nitrogens with one attached hydrogen (secondary N) is 1. The predicted molar refractivity (Wildman–Crippen MR) is 124 cm³/mol. The molecule has 182 valence electrons. The van der Waals surface area contributed by atoms with Crippen LogP contribution in [0.1, 0.15) is 37.3 Å². The van der Waals surface area contributed by atoms with Crippen molar-refractivity contribution in [3.8, 4) is 0 Å². The van der Waals surface area contributed by atoms with Crippen molar-refractivity contribution >= 4 is 28.7 Å². The van der Waals surface area contributed by atoms with Crippen molar-refractivity contribution in [1.29, 1.82) is 0 Å². The molecular formula is C22H28N6O5S. The maximum absolute atomic E-state index is 10.6. The Kier molecular flexibility index (Phi) is 6.44. The lowest BCUT2D eigenvalue weighted by Gasteiger charge is -2.41. The third kappa shape index (κ3) is 4.14. The number of rotatable bonds is 7. The minimum atomic E-state index is -1.69. The summed E-state index contributed by atoms with van der Waals surface area (Å²) in [6.07, 6.45) is -6.37. The topological polar surface area (TPSA) is 170 Å².